The van der Waals surface area contributed by atoms with Gasteiger partial charge in [-0.25, -0.2) is 8.42 Å². The van der Waals surface area contributed by atoms with Gasteiger partial charge in [0.25, 0.3) is 0 Å². The van der Waals surface area contributed by atoms with Gasteiger partial charge in [0.15, 0.2) is 9.84 Å². The lowest BCUT2D eigenvalue weighted by molar-refractivity contribution is 0.136. The first-order chi connectivity index (χ1) is 12.6. The lowest BCUT2D eigenvalue weighted by atomic mass is 9.79. The molecule has 0 aliphatic heterocycles. The first kappa shape index (κ1) is 15.8. The molecule has 3 aromatic rings. The SMILES string of the molecule is O=S(=O)(c1ccccc1)[C@@H]1[C@H]2c3ccccc3[C@@H]1[C@H](O)c1ccccc12. The van der Waals surface area contributed by atoms with E-state index in [1.54, 1.807) is 24.3 Å². The average molecular weight is 362 g/mol. The van der Waals surface area contributed by atoms with E-state index >= 15 is 0 Å². The second kappa shape index (κ2) is 5.53. The summed E-state index contributed by atoms with van der Waals surface area (Å²) < 4.78 is 27.1. The second-order valence-electron chi connectivity index (χ2n) is 7.03. The molecule has 3 aromatic carbocycles. The number of rotatable bonds is 2. The van der Waals surface area contributed by atoms with Crippen LogP contribution in [0, 0.1) is 0 Å². The number of aliphatic hydroxyl groups is 1. The molecule has 4 atom stereocenters. The van der Waals surface area contributed by atoms with Gasteiger partial charge in [0.2, 0.25) is 0 Å². The molecule has 5 rings (SSSR count). The topological polar surface area (TPSA) is 54.4 Å². The van der Waals surface area contributed by atoms with Gasteiger partial charge in [-0.3, -0.25) is 0 Å². The summed E-state index contributed by atoms with van der Waals surface area (Å²) in [6.07, 6.45) is -0.824. The van der Waals surface area contributed by atoms with Gasteiger partial charge in [-0.15, -0.1) is 0 Å². The van der Waals surface area contributed by atoms with Crippen LogP contribution in [0.15, 0.2) is 83.8 Å². The summed E-state index contributed by atoms with van der Waals surface area (Å²) in [6.45, 7) is 0. The maximum absolute atomic E-state index is 13.6. The highest BCUT2D eigenvalue weighted by atomic mass is 32.2. The predicted octanol–water partition coefficient (Wildman–Crippen LogP) is 3.81. The molecule has 130 valence electrons. The number of hydrogen-bond donors (Lipinski definition) is 1. The summed E-state index contributed by atoms with van der Waals surface area (Å²) in [5.74, 6) is -0.697. The zero-order chi connectivity index (χ0) is 17.9. The van der Waals surface area contributed by atoms with E-state index in [-0.39, 0.29) is 5.92 Å². The van der Waals surface area contributed by atoms with Gasteiger partial charge in [-0.05, 0) is 34.4 Å². The maximum Gasteiger partial charge on any atom is 0.182 e. The molecule has 3 nitrogen and oxygen atoms in total. The monoisotopic (exact) mass is 362 g/mol. The van der Waals surface area contributed by atoms with E-state index in [1.807, 2.05) is 54.6 Å². The van der Waals surface area contributed by atoms with Crippen molar-refractivity contribution in [2.75, 3.05) is 0 Å². The fraction of sp³-hybridized carbons (Fsp3) is 0.182. The Hall–Kier alpha value is -2.43. The van der Waals surface area contributed by atoms with Crippen LogP contribution in [-0.4, -0.2) is 18.8 Å². The Morgan fingerprint density at radius 2 is 1.15 bits per heavy atom. The standard InChI is InChI=1S/C22H18O3S/c23-21-18-13-7-6-12-17(18)19-15-10-4-5-11-16(15)20(21)22(19)26(24,25)14-8-2-1-3-9-14/h1-13,19-23H/t19-,20+,21+,22+/m0/s1. The maximum atomic E-state index is 13.6. The highest BCUT2D eigenvalue weighted by molar-refractivity contribution is 7.92. The van der Waals surface area contributed by atoms with Crippen molar-refractivity contribution in [3.8, 4) is 0 Å². The molecule has 1 N–H and O–H groups in total. The van der Waals surface area contributed by atoms with Crippen LogP contribution in [0.4, 0.5) is 0 Å². The van der Waals surface area contributed by atoms with Crippen LogP contribution >= 0.6 is 0 Å². The third-order valence-corrected chi connectivity index (χ3v) is 8.00. The number of hydrogen-bond acceptors (Lipinski definition) is 3. The Labute approximate surface area is 152 Å². The van der Waals surface area contributed by atoms with E-state index < -0.39 is 27.1 Å². The van der Waals surface area contributed by atoms with Gasteiger partial charge in [0, 0.05) is 11.8 Å². The van der Waals surface area contributed by atoms with E-state index in [0.717, 1.165) is 22.3 Å². The van der Waals surface area contributed by atoms with Crippen molar-refractivity contribution in [2.45, 2.75) is 28.1 Å². The molecule has 0 aromatic heterocycles. The quantitative estimate of drug-likeness (QED) is 0.754. The van der Waals surface area contributed by atoms with Crippen LogP contribution in [0.5, 0.6) is 0 Å². The third-order valence-electron chi connectivity index (χ3n) is 5.79. The van der Waals surface area contributed by atoms with E-state index in [2.05, 4.69) is 0 Å². The molecule has 2 aliphatic carbocycles. The van der Waals surface area contributed by atoms with Crippen molar-refractivity contribution in [2.24, 2.45) is 0 Å². The van der Waals surface area contributed by atoms with Gasteiger partial charge in [-0.2, -0.15) is 0 Å². The van der Waals surface area contributed by atoms with Gasteiger partial charge in [-0.1, -0.05) is 66.7 Å². The molecule has 0 saturated heterocycles. The van der Waals surface area contributed by atoms with Crippen molar-refractivity contribution >= 4 is 9.84 Å². The number of fused-ring (bicyclic) bond motifs is 7. The minimum atomic E-state index is -3.60. The second-order valence-corrected chi connectivity index (χ2v) is 9.13. The molecule has 2 aliphatic rings. The molecular weight excluding hydrogens is 344 g/mol. The Morgan fingerprint density at radius 3 is 1.81 bits per heavy atom. The van der Waals surface area contributed by atoms with Crippen LogP contribution in [0.3, 0.4) is 0 Å². The summed E-state index contributed by atoms with van der Waals surface area (Å²) in [4.78, 5) is 0.319. The van der Waals surface area contributed by atoms with Crippen molar-refractivity contribution in [3.63, 3.8) is 0 Å². The Bertz CT molecular complexity index is 1090. The minimum Gasteiger partial charge on any atom is -0.388 e. The Kier molecular flexibility index (Phi) is 3.36. The summed E-state index contributed by atoms with van der Waals surface area (Å²) in [6, 6.07) is 24.1. The normalized spacial score (nSPS) is 26.2. The van der Waals surface area contributed by atoms with E-state index in [0.29, 0.717) is 4.90 Å². The van der Waals surface area contributed by atoms with Crippen LogP contribution in [-0.2, 0) is 9.84 Å². The van der Waals surface area contributed by atoms with Crippen LogP contribution in [0.25, 0.3) is 0 Å². The van der Waals surface area contributed by atoms with Crippen LogP contribution in [0.2, 0.25) is 0 Å². The minimum absolute atomic E-state index is 0.249. The van der Waals surface area contributed by atoms with E-state index in [4.69, 9.17) is 0 Å². The average Bonchev–Trinajstić information content (AvgIpc) is 2.99. The van der Waals surface area contributed by atoms with Gasteiger partial charge in [0.1, 0.15) is 0 Å². The molecular formula is C22H18O3S. The zero-order valence-electron chi connectivity index (χ0n) is 14.0. The summed E-state index contributed by atoms with van der Waals surface area (Å²) >= 11 is 0. The van der Waals surface area contributed by atoms with E-state index in [9.17, 15) is 13.5 Å². The lowest BCUT2D eigenvalue weighted by Gasteiger charge is -2.35. The summed E-state index contributed by atoms with van der Waals surface area (Å²) in [7, 11) is -3.60. The summed E-state index contributed by atoms with van der Waals surface area (Å²) in [5, 5.41) is 10.4. The fourth-order valence-corrected chi connectivity index (χ4v) is 6.93. The van der Waals surface area contributed by atoms with Crippen molar-refractivity contribution in [1.82, 2.24) is 0 Å². The van der Waals surface area contributed by atoms with Gasteiger partial charge in [0.05, 0.1) is 16.2 Å². The van der Waals surface area contributed by atoms with Crippen molar-refractivity contribution in [1.29, 1.82) is 0 Å². The third kappa shape index (κ3) is 2.00. The summed E-state index contributed by atoms with van der Waals surface area (Å²) in [5.41, 5.74) is 3.74. The largest absolute Gasteiger partial charge is 0.388 e. The number of aliphatic hydroxyl groups excluding tert-OH is 1. The molecule has 2 bridgehead atoms. The fourth-order valence-electron chi connectivity index (χ4n) is 4.75. The van der Waals surface area contributed by atoms with Crippen molar-refractivity contribution < 1.29 is 13.5 Å². The van der Waals surface area contributed by atoms with E-state index in [1.165, 1.54) is 0 Å². The predicted molar refractivity (Wildman–Crippen MR) is 99.8 cm³/mol. The highest BCUT2D eigenvalue weighted by Crippen LogP contribution is 2.59. The smallest absolute Gasteiger partial charge is 0.182 e. The molecule has 0 heterocycles. The molecule has 26 heavy (non-hydrogen) atoms. The van der Waals surface area contributed by atoms with Gasteiger partial charge >= 0.3 is 0 Å². The molecule has 4 heteroatoms. The zero-order valence-corrected chi connectivity index (χ0v) is 14.8. The lowest BCUT2D eigenvalue weighted by Crippen LogP contribution is -2.37. The first-order valence-electron chi connectivity index (χ1n) is 8.75. The van der Waals surface area contributed by atoms with Crippen LogP contribution in [0.1, 0.15) is 40.2 Å². The van der Waals surface area contributed by atoms with Crippen LogP contribution < -0.4 is 0 Å². The Balaban J connectivity index is 1.79. The molecule has 0 spiro atoms. The molecule has 0 radical (unpaired) electrons. The Morgan fingerprint density at radius 1 is 0.654 bits per heavy atom. The van der Waals surface area contributed by atoms with Crippen molar-refractivity contribution in [3.05, 3.63) is 101 Å². The van der Waals surface area contributed by atoms with Gasteiger partial charge < -0.3 is 5.11 Å². The molecule has 0 saturated carbocycles. The highest BCUT2D eigenvalue weighted by Gasteiger charge is 2.55. The molecule has 0 fully saturated rings. The molecule has 0 unspecified atom stereocenters. The number of sulfone groups is 1. The first-order valence-corrected chi connectivity index (χ1v) is 10.3. The molecule has 0 amide bonds. The number of benzene rings is 3.